The van der Waals surface area contributed by atoms with Crippen molar-refractivity contribution in [2.45, 2.75) is 0 Å². The monoisotopic (exact) mass is 256 g/mol. The Morgan fingerprint density at radius 1 is 1.05 bits per heavy atom. The SMILES string of the molecule is COc1ccc(-c2nc3ncccc3o2)cc1OC. The first-order valence-corrected chi connectivity index (χ1v) is 5.76. The fourth-order valence-electron chi connectivity index (χ4n) is 1.86. The minimum atomic E-state index is 0.509. The number of rotatable bonds is 3. The fraction of sp³-hybridized carbons (Fsp3) is 0.143. The largest absolute Gasteiger partial charge is 0.493 e. The van der Waals surface area contributed by atoms with Crippen molar-refractivity contribution in [3.05, 3.63) is 36.5 Å². The Balaban J connectivity index is 2.10. The number of ether oxygens (including phenoxy) is 2. The molecule has 0 unspecified atom stereocenters. The third kappa shape index (κ3) is 1.99. The van der Waals surface area contributed by atoms with Crippen LogP contribution in [0.2, 0.25) is 0 Å². The predicted molar refractivity (Wildman–Crippen MR) is 70.3 cm³/mol. The summed E-state index contributed by atoms with van der Waals surface area (Å²) in [7, 11) is 3.19. The van der Waals surface area contributed by atoms with Crippen LogP contribution in [0.4, 0.5) is 0 Å². The normalized spacial score (nSPS) is 10.6. The molecule has 5 heteroatoms. The van der Waals surface area contributed by atoms with Crippen molar-refractivity contribution in [3.8, 4) is 23.0 Å². The van der Waals surface area contributed by atoms with E-state index in [1.807, 2.05) is 30.3 Å². The number of methoxy groups -OCH3 is 2. The van der Waals surface area contributed by atoms with Crippen LogP contribution in [0.1, 0.15) is 0 Å². The van der Waals surface area contributed by atoms with Crippen molar-refractivity contribution in [1.29, 1.82) is 0 Å². The van der Waals surface area contributed by atoms with E-state index in [1.165, 1.54) is 0 Å². The molecule has 0 aliphatic heterocycles. The third-order valence-electron chi connectivity index (χ3n) is 2.80. The van der Waals surface area contributed by atoms with Crippen molar-refractivity contribution in [2.75, 3.05) is 14.2 Å². The molecule has 0 atom stereocenters. The third-order valence-corrected chi connectivity index (χ3v) is 2.80. The van der Waals surface area contributed by atoms with Crippen molar-refractivity contribution < 1.29 is 13.9 Å². The van der Waals surface area contributed by atoms with Gasteiger partial charge in [-0.2, -0.15) is 4.98 Å². The molecular formula is C14H12N2O3. The Bertz CT molecular complexity index is 689. The molecule has 0 saturated carbocycles. The first kappa shape index (κ1) is 11.5. The maximum Gasteiger partial charge on any atom is 0.229 e. The second kappa shape index (κ2) is 4.61. The Morgan fingerprint density at radius 3 is 2.63 bits per heavy atom. The number of hydrogen-bond acceptors (Lipinski definition) is 5. The summed E-state index contributed by atoms with van der Waals surface area (Å²) < 4.78 is 16.1. The first-order valence-electron chi connectivity index (χ1n) is 5.76. The van der Waals surface area contributed by atoms with E-state index in [0.717, 1.165) is 5.56 Å². The second-order valence-corrected chi connectivity index (χ2v) is 3.91. The maximum atomic E-state index is 5.66. The summed E-state index contributed by atoms with van der Waals surface area (Å²) in [6.45, 7) is 0. The summed E-state index contributed by atoms with van der Waals surface area (Å²) in [6, 6.07) is 9.15. The fourth-order valence-corrected chi connectivity index (χ4v) is 1.86. The van der Waals surface area contributed by atoms with Gasteiger partial charge < -0.3 is 13.9 Å². The average Bonchev–Trinajstić information content (AvgIpc) is 2.90. The standard InChI is InChI=1S/C14H12N2O3/c1-17-10-6-5-9(8-12(10)18-2)14-16-13-11(19-14)4-3-7-15-13/h3-8H,1-2H3. The highest BCUT2D eigenvalue weighted by molar-refractivity contribution is 5.72. The molecule has 0 radical (unpaired) electrons. The van der Waals surface area contributed by atoms with Gasteiger partial charge in [0.05, 0.1) is 14.2 Å². The van der Waals surface area contributed by atoms with Crippen LogP contribution in [0.5, 0.6) is 11.5 Å². The Kier molecular flexibility index (Phi) is 2.79. The van der Waals surface area contributed by atoms with Gasteiger partial charge in [0.1, 0.15) is 0 Å². The van der Waals surface area contributed by atoms with E-state index in [-0.39, 0.29) is 0 Å². The lowest BCUT2D eigenvalue weighted by atomic mass is 10.2. The summed E-state index contributed by atoms with van der Waals surface area (Å²) in [6.07, 6.45) is 1.68. The van der Waals surface area contributed by atoms with Gasteiger partial charge in [0, 0.05) is 11.8 Å². The zero-order chi connectivity index (χ0) is 13.2. The molecule has 0 spiro atoms. The maximum absolute atomic E-state index is 5.66. The van der Waals surface area contributed by atoms with Crippen molar-refractivity contribution in [1.82, 2.24) is 9.97 Å². The van der Waals surface area contributed by atoms with Crippen LogP contribution in [0, 0.1) is 0 Å². The highest BCUT2D eigenvalue weighted by atomic mass is 16.5. The highest BCUT2D eigenvalue weighted by Crippen LogP contribution is 2.32. The van der Waals surface area contributed by atoms with Crippen LogP contribution in [0.25, 0.3) is 22.7 Å². The zero-order valence-electron chi connectivity index (χ0n) is 10.6. The summed E-state index contributed by atoms with van der Waals surface area (Å²) in [5.41, 5.74) is 2.07. The van der Waals surface area contributed by atoms with E-state index in [4.69, 9.17) is 13.9 Å². The van der Waals surface area contributed by atoms with Crippen molar-refractivity contribution in [3.63, 3.8) is 0 Å². The smallest absolute Gasteiger partial charge is 0.229 e. The zero-order valence-corrected chi connectivity index (χ0v) is 10.6. The molecule has 1 aromatic carbocycles. The van der Waals surface area contributed by atoms with Crippen LogP contribution in [0.3, 0.4) is 0 Å². The Morgan fingerprint density at radius 2 is 1.89 bits per heavy atom. The minimum Gasteiger partial charge on any atom is -0.493 e. The lowest BCUT2D eigenvalue weighted by molar-refractivity contribution is 0.355. The number of fused-ring (bicyclic) bond motifs is 1. The second-order valence-electron chi connectivity index (χ2n) is 3.91. The van der Waals surface area contributed by atoms with Gasteiger partial charge in [0.2, 0.25) is 5.89 Å². The molecule has 0 saturated heterocycles. The summed E-state index contributed by atoms with van der Waals surface area (Å²) >= 11 is 0. The molecule has 0 N–H and O–H groups in total. The number of nitrogens with zero attached hydrogens (tertiary/aromatic N) is 2. The number of hydrogen-bond donors (Lipinski definition) is 0. The lowest BCUT2D eigenvalue weighted by Crippen LogP contribution is -1.90. The van der Waals surface area contributed by atoms with Crippen molar-refractivity contribution >= 4 is 11.2 Å². The molecule has 0 fully saturated rings. The van der Waals surface area contributed by atoms with E-state index in [2.05, 4.69) is 9.97 Å². The van der Waals surface area contributed by atoms with Crippen molar-refractivity contribution in [2.24, 2.45) is 0 Å². The molecule has 0 aliphatic carbocycles. The molecular weight excluding hydrogens is 244 g/mol. The van der Waals surface area contributed by atoms with Crippen LogP contribution < -0.4 is 9.47 Å². The van der Waals surface area contributed by atoms with E-state index in [1.54, 1.807) is 20.4 Å². The van der Waals surface area contributed by atoms with Gasteiger partial charge in [-0.15, -0.1) is 0 Å². The quantitative estimate of drug-likeness (QED) is 0.721. The Labute approximate surface area is 109 Å². The molecule has 5 nitrogen and oxygen atoms in total. The van der Waals surface area contributed by atoms with E-state index in [0.29, 0.717) is 28.6 Å². The minimum absolute atomic E-state index is 0.509. The van der Waals surface area contributed by atoms with Gasteiger partial charge >= 0.3 is 0 Å². The average molecular weight is 256 g/mol. The Hall–Kier alpha value is -2.56. The molecule has 2 aromatic heterocycles. The van der Waals surface area contributed by atoms with Gasteiger partial charge in [0.15, 0.2) is 22.7 Å². The predicted octanol–water partition coefficient (Wildman–Crippen LogP) is 2.91. The summed E-state index contributed by atoms with van der Waals surface area (Å²) in [5.74, 6) is 1.81. The van der Waals surface area contributed by atoms with Crippen LogP contribution >= 0.6 is 0 Å². The van der Waals surface area contributed by atoms with E-state index in [9.17, 15) is 0 Å². The molecule has 0 amide bonds. The van der Waals surface area contributed by atoms with E-state index < -0.39 is 0 Å². The summed E-state index contributed by atoms with van der Waals surface area (Å²) in [5, 5.41) is 0. The van der Waals surface area contributed by atoms with Gasteiger partial charge in [-0.3, -0.25) is 0 Å². The molecule has 0 bridgehead atoms. The van der Waals surface area contributed by atoms with Crippen LogP contribution in [-0.4, -0.2) is 24.2 Å². The number of oxazole rings is 1. The highest BCUT2D eigenvalue weighted by Gasteiger charge is 2.11. The molecule has 2 heterocycles. The number of aromatic nitrogens is 2. The molecule has 96 valence electrons. The summed E-state index contributed by atoms with van der Waals surface area (Å²) in [4.78, 5) is 8.48. The topological polar surface area (TPSA) is 57.4 Å². The molecule has 0 aliphatic rings. The first-order chi connectivity index (χ1) is 9.31. The van der Waals surface area contributed by atoms with Gasteiger partial charge in [-0.1, -0.05) is 0 Å². The molecule has 3 rings (SSSR count). The lowest BCUT2D eigenvalue weighted by Gasteiger charge is -2.07. The van der Waals surface area contributed by atoms with Gasteiger partial charge in [0.25, 0.3) is 0 Å². The van der Waals surface area contributed by atoms with Crippen LogP contribution in [0.15, 0.2) is 40.9 Å². The van der Waals surface area contributed by atoms with Gasteiger partial charge in [-0.25, -0.2) is 4.98 Å². The number of benzene rings is 1. The number of pyridine rings is 1. The molecule has 19 heavy (non-hydrogen) atoms. The van der Waals surface area contributed by atoms with Crippen LogP contribution in [-0.2, 0) is 0 Å². The van der Waals surface area contributed by atoms with Gasteiger partial charge in [-0.05, 0) is 30.3 Å². The van der Waals surface area contributed by atoms with E-state index >= 15 is 0 Å². The molecule has 3 aromatic rings.